The molecule has 1 amide bonds. The molecule has 0 aliphatic rings. The second-order valence-corrected chi connectivity index (χ2v) is 7.23. The quantitative estimate of drug-likeness (QED) is 0.500. The second kappa shape index (κ2) is 6.37. The molecule has 0 radical (unpaired) electrons. The molecule has 0 fully saturated rings. The van der Waals surface area contributed by atoms with Gasteiger partial charge in [0.2, 0.25) is 6.41 Å². The Morgan fingerprint density at radius 2 is 1.96 bits per heavy atom. The van der Waals surface area contributed by atoms with Crippen molar-refractivity contribution in [3.8, 4) is 10.4 Å². The molecule has 0 saturated carbocycles. The molecule has 4 heteroatoms. The van der Waals surface area contributed by atoms with Gasteiger partial charge in [0, 0.05) is 39.8 Å². The number of benzene rings is 2. The molecule has 0 saturated heterocycles. The van der Waals surface area contributed by atoms with Crippen LogP contribution in [-0.4, -0.2) is 11.0 Å². The Kier molecular flexibility index (Phi) is 4.06. The Morgan fingerprint density at radius 1 is 1.08 bits per heavy atom. The molecule has 126 valence electrons. The average Bonchev–Trinajstić information content (AvgIpc) is 3.20. The van der Waals surface area contributed by atoms with Crippen LogP contribution >= 0.6 is 11.3 Å². The highest BCUT2D eigenvalue weighted by molar-refractivity contribution is 7.13. The van der Waals surface area contributed by atoms with Gasteiger partial charge in [-0.3, -0.25) is 4.79 Å². The fourth-order valence-electron chi connectivity index (χ4n) is 3.49. The number of aryl methyl sites for hydroxylation is 2. The van der Waals surface area contributed by atoms with Crippen molar-refractivity contribution in [2.24, 2.45) is 0 Å². The van der Waals surface area contributed by atoms with Crippen LogP contribution in [0.4, 0.5) is 0 Å². The number of nitrogens with one attached hydrogen (secondary N) is 1. The third-order valence-electron chi connectivity index (χ3n) is 4.65. The number of nitrogens with zero attached hydrogens (tertiary/aromatic N) is 1. The lowest BCUT2D eigenvalue weighted by Gasteiger charge is -2.05. The summed E-state index contributed by atoms with van der Waals surface area (Å²) in [7, 11) is 0. The second-order valence-electron chi connectivity index (χ2n) is 6.31. The highest BCUT2D eigenvalue weighted by atomic mass is 32.1. The van der Waals surface area contributed by atoms with E-state index in [0.29, 0.717) is 6.54 Å². The molecule has 0 unspecified atom stereocenters. The molecule has 0 aliphatic carbocycles. The SMILES string of the molecule is CCn1c2ccc(CNC=O)cc2c2ccc(-c3cc(C)cs3)cc21. The predicted octanol–water partition coefficient (Wildman–Crippen LogP) is 5.10. The summed E-state index contributed by atoms with van der Waals surface area (Å²) in [6.45, 7) is 5.81. The molecule has 2 heterocycles. The smallest absolute Gasteiger partial charge is 0.207 e. The van der Waals surface area contributed by atoms with Gasteiger partial charge >= 0.3 is 0 Å². The molecule has 0 bridgehead atoms. The van der Waals surface area contributed by atoms with E-state index >= 15 is 0 Å². The summed E-state index contributed by atoms with van der Waals surface area (Å²) in [5, 5.41) is 7.45. The van der Waals surface area contributed by atoms with Crippen molar-refractivity contribution < 1.29 is 4.79 Å². The Hall–Kier alpha value is -2.59. The van der Waals surface area contributed by atoms with Crippen LogP contribution in [0.3, 0.4) is 0 Å². The third kappa shape index (κ3) is 2.72. The number of carbonyl (C=O) groups is 1. The molecule has 25 heavy (non-hydrogen) atoms. The van der Waals surface area contributed by atoms with E-state index in [2.05, 4.69) is 71.6 Å². The Labute approximate surface area is 150 Å². The molecule has 4 rings (SSSR count). The molecular weight excluding hydrogens is 328 g/mol. The molecule has 0 spiro atoms. The van der Waals surface area contributed by atoms with Gasteiger partial charge in [-0.15, -0.1) is 11.3 Å². The van der Waals surface area contributed by atoms with Crippen LogP contribution in [-0.2, 0) is 17.9 Å². The first-order chi connectivity index (χ1) is 12.2. The Morgan fingerprint density at radius 3 is 2.68 bits per heavy atom. The standard InChI is InChI=1S/C21H20N2OS/c1-3-23-19-7-4-15(11-22-13-24)9-18(19)17-6-5-16(10-20(17)23)21-8-14(2)12-25-21/h4-10,12-13H,3,11H2,1-2H3,(H,22,24). The number of amides is 1. The lowest BCUT2D eigenvalue weighted by Crippen LogP contribution is -2.09. The van der Waals surface area contributed by atoms with Gasteiger partial charge < -0.3 is 9.88 Å². The van der Waals surface area contributed by atoms with E-state index in [4.69, 9.17) is 0 Å². The van der Waals surface area contributed by atoms with Crippen molar-refractivity contribution in [3.63, 3.8) is 0 Å². The summed E-state index contributed by atoms with van der Waals surface area (Å²) in [4.78, 5) is 11.9. The predicted molar refractivity (Wildman–Crippen MR) is 106 cm³/mol. The van der Waals surface area contributed by atoms with Crippen LogP contribution in [0.1, 0.15) is 18.1 Å². The van der Waals surface area contributed by atoms with Crippen molar-refractivity contribution in [2.75, 3.05) is 0 Å². The molecule has 2 aromatic carbocycles. The van der Waals surface area contributed by atoms with Crippen LogP contribution in [0.2, 0.25) is 0 Å². The zero-order valence-corrected chi connectivity index (χ0v) is 15.2. The number of hydrogen-bond donors (Lipinski definition) is 1. The molecule has 4 aromatic rings. The van der Waals surface area contributed by atoms with E-state index in [1.165, 1.54) is 37.8 Å². The number of aromatic nitrogens is 1. The van der Waals surface area contributed by atoms with E-state index in [-0.39, 0.29) is 0 Å². The van der Waals surface area contributed by atoms with Gasteiger partial charge in [-0.25, -0.2) is 0 Å². The van der Waals surface area contributed by atoms with Crippen molar-refractivity contribution >= 4 is 39.6 Å². The zero-order chi connectivity index (χ0) is 17.4. The average molecular weight is 348 g/mol. The zero-order valence-electron chi connectivity index (χ0n) is 14.4. The van der Waals surface area contributed by atoms with Crippen molar-refractivity contribution in [1.82, 2.24) is 9.88 Å². The topological polar surface area (TPSA) is 34.0 Å². The maximum atomic E-state index is 10.6. The lowest BCUT2D eigenvalue weighted by atomic mass is 10.1. The fraction of sp³-hybridized carbons (Fsp3) is 0.190. The number of rotatable bonds is 5. The normalized spacial score (nSPS) is 11.3. The van der Waals surface area contributed by atoms with Crippen molar-refractivity contribution in [3.05, 3.63) is 59.0 Å². The Balaban J connectivity index is 1.92. The van der Waals surface area contributed by atoms with Gasteiger partial charge in [0.25, 0.3) is 0 Å². The van der Waals surface area contributed by atoms with Crippen molar-refractivity contribution in [2.45, 2.75) is 26.9 Å². The monoisotopic (exact) mass is 348 g/mol. The molecule has 2 aromatic heterocycles. The summed E-state index contributed by atoms with van der Waals surface area (Å²) in [6, 6.07) is 15.4. The third-order valence-corrected chi connectivity index (χ3v) is 5.75. The van der Waals surface area contributed by atoms with E-state index in [1.54, 1.807) is 11.3 Å². The highest BCUT2D eigenvalue weighted by Crippen LogP contribution is 2.34. The van der Waals surface area contributed by atoms with Gasteiger partial charge in [-0.2, -0.15) is 0 Å². The summed E-state index contributed by atoms with van der Waals surface area (Å²) >= 11 is 1.79. The maximum absolute atomic E-state index is 10.6. The number of carbonyl (C=O) groups excluding carboxylic acids is 1. The largest absolute Gasteiger partial charge is 0.355 e. The fourth-order valence-corrected chi connectivity index (χ4v) is 4.39. The van der Waals surface area contributed by atoms with Crippen LogP contribution in [0.15, 0.2) is 47.8 Å². The highest BCUT2D eigenvalue weighted by Gasteiger charge is 2.12. The lowest BCUT2D eigenvalue weighted by molar-refractivity contribution is -0.109. The van der Waals surface area contributed by atoms with Crippen LogP contribution in [0.25, 0.3) is 32.2 Å². The summed E-state index contributed by atoms with van der Waals surface area (Å²) in [5.41, 5.74) is 6.20. The maximum Gasteiger partial charge on any atom is 0.207 e. The van der Waals surface area contributed by atoms with Gasteiger partial charge in [0.1, 0.15) is 0 Å². The summed E-state index contributed by atoms with van der Waals surface area (Å²) in [5.74, 6) is 0. The van der Waals surface area contributed by atoms with Crippen LogP contribution < -0.4 is 5.32 Å². The van der Waals surface area contributed by atoms with Gasteiger partial charge in [0.05, 0.1) is 0 Å². The van der Waals surface area contributed by atoms with E-state index in [0.717, 1.165) is 18.5 Å². The molecular formula is C21H20N2OS. The van der Waals surface area contributed by atoms with E-state index in [9.17, 15) is 4.79 Å². The number of hydrogen-bond acceptors (Lipinski definition) is 2. The van der Waals surface area contributed by atoms with E-state index in [1.807, 2.05) is 0 Å². The first-order valence-corrected chi connectivity index (χ1v) is 9.36. The molecule has 0 atom stereocenters. The minimum atomic E-state index is 0.560. The summed E-state index contributed by atoms with van der Waals surface area (Å²) in [6.07, 6.45) is 0.745. The minimum Gasteiger partial charge on any atom is -0.355 e. The van der Waals surface area contributed by atoms with Crippen LogP contribution in [0, 0.1) is 6.92 Å². The first kappa shape index (κ1) is 15.9. The molecule has 0 aliphatic heterocycles. The van der Waals surface area contributed by atoms with Gasteiger partial charge in [-0.1, -0.05) is 18.2 Å². The number of fused-ring (bicyclic) bond motifs is 3. The molecule has 1 N–H and O–H groups in total. The first-order valence-electron chi connectivity index (χ1n) is 8.48. The van der Waals surface area contributed by atoms with E-state index < -0.39 is 0 Å². The van der Waals surface area contributed by atoms with Gasteiger partial charge in [0.15, 0.2) is 0 Å². The molecule has 3 nitrogen and oxygen atoms in total. The minimum absolute atomic E-state index is 0.560. The van der Waals surface area contributed by atoms with Gasteiger partial charge in [-0.05, 0) is 60.2 Å². The van der Waals surface area contributed by atoms with Crippen molar-refractivity contribution in [1.29, 1.82) is 0 Å². The summed E-state index contributed by atoms with van der Waals surface area (Å²) < 4.78 is 2.37. The van der Waals surface area contributed by atoms with Crippen LogP contribution in [0.5, 0.6) is 0 Å². The Bertz CT molecular complexity index is 1070. The number of thiophene rings is 1.